The molecule has 0 spiro atoms. The Bertz CT molecular complexity index is 536. The minimum Gasteiger partial charge on any atom is -0.475 e. The number of likely N-dealkylation sites (tertiary alicyclic amines) is 1. The van der Waals surface area contributed by atoms with Gasteiger partial charge in [-0.25, -0.2) is 9.50 Å². The molecule has 1 fully saturated rings. The SMILES string of the molecule is Brc1cnc2ccc(OCCN3CCCC3)nn12. The molecule has 0 atom stereocenters. The minimum absolute atomic E-state index is 0.639. The molecule has 18 heavy (non-hydrogen) atoms. The topological polar surface area (TPSA) is 42.7 Å². The minimum atomic E-state index is 0.639. The van der Waals surface area contributed by atoms with Crippen molar-refractivity contribution in [3.8, 4) is 5.88 Å². The second kappa shape index (κ2) is 5.24. The van der Waals surface area contributed by atoms with E-state index in [4.69, 9.17) is 4.74 Å². The molecule has 0 radical (unpaired) electrons. The maximum Gasteiger partial charge on any atom is 0.231 e. The quantitative estimate of drug-likeness (QED) is 0.866. The van der Waals surface area contributed by atoms with E-state index >= 15 is 0 Å². The van der Waals surface area contributed by atoms with Crippen LogP contribution in [0.1, 0.15) is 12.8 Å². The monoisotopic (exact) mass is 310 g/mol. The highest BCUT2D eigenvalue weighted by atomic mass is 79.9. The molecule has 0 N–H and O–H groups in total. The number of imidazole rings is 1. The first-order chi connectivity index (χ1) is 8.83. The van der Waals surface area contributed by atoms with Gasteiger partial charge in [0.1, 0.15) is 11.2 Å². The summed E-state index contributed by atoms with van der Waals surface area (Å²) >= 11 is 3.40. The summed E-state index contributed by atoms with van der Waals surface area (Å²) < 4.78 is 8.24. The maximum absolute atomic E-state index is 5.68. The number of halogens is 1. The molecular weight excluding hydrogens is 296 g/mol. The van der Waals surface area contributed by atoms with Gasteiger partial charge in [-0.2, -0.15) is 0 Å². The fourth-order valence-corrected chi connectivity index (χ4v) is 2.55. The highest BCUT2D eigenvalue weighted by Gasteiger charge is 2.11. The van der Waals surface area contributed by atoms with Gasteiger partial charge in [0, 0.05) is 12.6 Å². The van der Waals surface area contributed by atoms with Gasteiger partial charge < -0.3 is 4.74 Å². The summed E-state index contributed by atoms with van der Waals surface area (Å²) in [6.45, 7) is 4.06. The average Bonchev–Trinajstić information content (AvgIpc) is 3.01. The van der Waals surface area contributed by atoms with Gasteiger partial charge in [-0.3, -0.25) is 4.90 Å². The Labute approximate surface area is 114 Å². The Balaban J connectivity index is 1.61. The molecule has 0 bridgehead atoms. The van der Waals surface area contributed by atoms with Crippen LogP contribution in [0.3, 0.4) is 0 Å². The molecule has 0 unspecified atom stereocenters. The highest BCUT2D eigenvalue weighted by molar-refractivity contribution is 9.10. The van der Waals surface area contributed by atoms with Gasteiger partial charge in [-0.05, 0) is 47.9 Å². The molecule has 0 amide bonds. The summed E-state index contributed by atoms with van der Waals surface area (Å²) in [6, 6.07) is 3.77. The molecule has 1 aliphatic rings. The number of aromatic nitrogens is 3. The largest absolute Gasteiger partial charge is 0.475 e. The van der Waals surface area contributed by atoms with E-state index in [0.29, 0.717) is 12.5 Å². The van der Waals surface area contributed by atoms with Crippen molar-refractivity contribution in [1.29, 1.82) is 0 Å². The first-order valence-electron chi connectivity index (χ1n) is 6.18. The predicted molar refractivity (Wildman–Crippen MR) is 71.9 cm³/mol. The van der Waals surface area contributed by atoms with Crippen LogP contribution < -0.4 is 4.74 Å². The van der Waals surface area contributed by atoms with Gasteiger partial charge >= 0.3 is 0 Å². The molecule has 6 heteroatoms. The van der Waals surface area contributed by atoms with Gasteiger partial charge in [0.15, 0.2) is 5.65 Å². The maximum atomic E-state index is 5.68. The Morgan fingerprint density at radius 2 is 2.11 bits per heavy atom. The zero-order valence-corrected chi connectivity index (χ0v) is 11.6. The van der Waals surface area contributed by atoms with Crippen LogP contribution in [-0.4, -0.2) is 45.7 Å². The van der Waals surface area contributed by atoms with E-state index in [2.05, 4.69) is 30.9 Å². The lowest BCUT2D eigenvalue weighted by Crippen LogP contribution is -2.25. The molecule has 2 aromatic rings. The van der Waals surface area contributed by atoms with Crippen molar-refractivity contribution in [2.24, 2.45) is 0 Å². The number of ether oxygens (including phenoxy) is 1. The third-order valence-corrected chi connectivity index (χ3v) is 3.69. The number of fused-ring (bicyclic) bond motifs is 1. The van der Waals surface area contributed by atoms with Crippen LogP contribution >= 0.6 is 15.9 Å². The summed E-state index contributed by atoms with van der Waals surface area (Å²) in [5, 5.41) is 4.37. The van der Waals surface area contributed by atoms with Gasteiger partial charge in [0.05, 0.1) is 6.20 Å². The molecule has 0 aliphatic carbocycles. The van der Waals surface area contributed by atoms with E-state index in [-0.39, 0.29) is 0 Å². The molecule has 0 saturated carbocycles. The van der Waals surface area contributed by atoms with E-state index in [1.807, 2.05) is 12.1 Å². The van der Waals surface area contributed by atoms with Crippen molar-refractivity contribution in [2.75, 3.05) is 26.2 Å². The van der Waals surface area contributed by atoms with E-state index in [1.54, 1.807) is 10.7 Å². The van der Waals surface area contributed by atoms with Crippen molar-refractivity contribution < 1.29 is 4.74 Å². The van der Waals surface area contributed by atoms with Crippen LogP contribution in [-0.2, 0) is 0 Å². The molecule has 3 heterocycles. The molecule has 96 valence electrons. The predicted octanol–water partition coefficient (Wildman–Crippen LogP) is 1.97. The lowest BCUT2D eigenvalue weighted by atomic mass is 10.4. The molecule has 5 nitrogen and oxygen atoms in total. The third-order valence-electron chi connectivity index (χ3n) is 3.15. The first kappa shape index (κ1) is 11.9. The van der Waals surface area contributed by atoms with E-state index in [0.717, 1.165) is 16.8 Å². The lowest BCUT2D eigenvalue weighted by molar-refractivity contribution is 0.230. The summed E-state index contributed by atoms with van der Waals surface area (Å²) in [7, 11) is 0. The van der Waals surface area contributed by atoms with Crippen molar-refractivity contribution in [2.45, 2.75) is 12.8 Å². The second-order valence-electron chi connectivity index (χ2n) is 4.42. The lowest BCUT2D eigenvalue weighted by Gasteiger charge is -2.14. The smallest absolute Gasteiger partial charge is 0.231 e. The summed E-state index contributed by atoms with van der Waals surface area (Å²) in [6.07, 6.45) is 4.36. The fourth-order valence-electron chi connectivity index (χ4n) is 2.19. The molecule has 3 rings (SSSR count). The number of nitrogens with zero attached hydrogens (tertiary/aromatic N) is 4. The zero-order valence-electron chi connectivity index (χ0n) is 10.0. The average molecular weight is 311 g/mol. The van der Waals surface area contributed by atoms with Gasteiger partial charge in [-0.1, -0.05) is 0 Å². The van der Waals surface area contributed by atoms with E-state index in [9.17, 15) is 0 Å². The summed E-state index contributed by atoms with van der Waals surface area (Å²) in [4.78, 5) is 6.61. The first-order valence-corrected chi connectivity index (χ1v) is 6.98. The van der Waals surface area contributed by atoms with Gasteiger partial charge in [-0.15, -0.1) is 5.10 Å². The Kier molecular flexibility index (Phi) is 3.47. The Morgan fingerprint density at radius 3 is 2.94 bits per heavy atom. The van der Waals surface area contributed by atoms with Crippen molar-refractivity contribution in [1.82, 2.24) is 19.5 Å². The molecular formula is C12H15BrN4O. The Hall–Kier alpha value is -1.14. The molecule has 0 aromatic carbocycles. The van der Waals surface area contributed by atoms with Crippen LogP contribution in [0, 0.1) is 0 Å². The van der Waals surface area contributed by atoms with Crippen LogP contribution in [0.2, 0.25) is 0 Å². The normalized spacial score (nSPS) is 16.5. The molecule has 1 saturated heterocycles. The van der Waals surface area contributed by atoms with Crippen LogP contribution in [0.25, 0.3) is 5.65 Å². The van der Waals surface area contributed by atoms with Crippen molar-refractivity contribution in [3.05, 3.63) is 22.9 Å². The summed E-state index contributed by atoms with van der Waals surface area (Å²) in [5.41, 5.74) is 0.814. The summed E-state index contributed by atoms with van der Waals surface area (Å²) in [5.74, 6) is 0.639. The van der Waals surface area contributed by atoms with Crippen LogP contribution in [0.4, 0.5) is 0 Å². The van der Waals surface area contributed by atoms with E-state index in [1.165, 1.54) is 25.9 Å². The number of hydrogen-bond donors (Lipinski definition) is 0. The zero-order chi connectivity index (χ0) is 12.4. The standard InChI is InChI=1S/C12H15BrN4O/c13-10-9-14-11-3-4-12(15-17(10)11)18-8-7-16-5-1-2-6-16/h3-4,9H,1-2,5-8H2. The highest BCUT2D eigenvalue weighted by Crippen LogP contribution is 2.14. The fraction of sp³-hybridized carbons (Fsp3) is 0.500. The van der Waals surface area contributed by atoms with Crippen LogP contribution in [0.15, 0.2) is 22.9 Å². The number of rotatable bonds is 4. The van der Waals surface area contributed by atoms with Crippen LogP contribution in [0.5, 0.6) is 5.88 Å². The van der Waals surface area contributed by atoms with Crippen molar-refractivity contribution in [3.63, 3.8) is 0 Å². The Morgan fingerprint density at radius 1 is 1.28 bits per heavy atom. The van der Waals surface area contributed by atoms with Crippen molar-refractivity contribution >= 4 is 21.6 Å². The number of hydrogen-bond acceptors (Lipinski definition) is 4. The van der Waals surface area contributed by atoms with Gasteiger partial charge in [0.25, 0.3) is 0 Å². The third kappa shape index (κ3) is 2.49. The van der Waals surface area contributed by atoms with E-state index < -0.39 is 0 Å². The molecule has 2 aromatic heterocycles. The second-order valence-corrected chi connectivity index (χ2v) is 5.23. The van der Waals surface area contributed by atoms with Gasteiger partial charge in [0.2, 0.25) is 5.88 Å². The molecule has 1 aliphatic heterocycles.